The van der Waals surface area contributed by atoms with E-state index in [0.29, 0.717) is 17.0 Å². The van der Waals surface area contributed by atoms with E-state index in [2.05, 4.69) is 15.9 Å². The third-order valence-corrected chi connectivity index (χ3v) is 5.13. The van der Waals surface area contributed by atoms with Crippen molar-refractivity contribution >= 4 is 29.2 Å². The molecule has 0 radical (unpaired) electrons. The van der Waals surface area contributed by atoms with Crippen LogP contribution in [0.15, 0.2) is 95.6 Å². The molecule has 0 unspecified atom stereocenters. The SMILES string of the molecule is COc1ccc(N2NOC(=O)/C2=C\C(=NC(=O)c2ccccc2)C(=O)NCc2ccc(F)cc2)cc1. The van der Waals surface area contributed by atoms with Gasteiger partial charge in [0.05, 0.1) is 12.8 Å². The summed E-state index contributed by atoms with van der Waals surface area (Å²) in [5, 5.41) is 3.94. The van der Waals surface area contributed by atoms with Gasteiger partial charge in [0.25, 0.3) is 11.8 Å². The number of anilines is 1. The lowest BCUT2D eigenvalue weighted by atomic mass is 10.2. The van der Waals surface area contributed by atoms with Crippen molar-refractivity contribution in [2.75, 3.05) is 12.1 Å². The minimum Gasteiger partial charge on any atom is -0.497 e. The summed E-state index contributed by atoms with van der Waals surface area (Å²) in [5.41, 5.74) is 3.48. The molecule has 0 spiro atoms. The molecule has 1 saturated heterocycles. The van der Waals surface area contributed by atoms with Crippen molar-refractivity contribution in [1.82, 2.24) is 10.9 Å². The Morgan fingerprint density at radius 3 is 2.42 bits per heavy atom. The number of amides is 2. The van der Waals surface area contributed by atoms with Gasteiger partial charge in [-0.15, -0.1) is 0 Å². The van der Waals surface area contributed by atoms with Gasteiger partial charge in [-0.25, -0.2) is 19.2 Å². The lowest BCUT2D eigenvalue weighted by Gasteiger charge is -2.16. The first-order valence-electron chi connectivity index (χ1n) is 10.8. The van der Waals surface area contributed by atoms with Crippen LogP contribution >= 0.6 is 0 Å². The molecule has 0 aromatic heterocycles. The van der Waals surface area contributed by atoms with Gasteiger partial charge in [-0.2, -0.15) is 0 Å². The first-order chi connectivity index (χ1) is 17.4. The number of carbonyl (C=O) groups excluding carboxylic acids is 3. The molecule has 3 aromatic rings. The van der Waals surface area contributed by atoms with Crippen LogP contribution in [0.5, 0.6) is 5.75 Å². The van der Waals surface area contributed by atoms with Gasteiger partial charge < -0.3 is 14.9 Å². The predicted octanol–water partition coefficient (Wildman–Crippen LogP) is 3.10. The van der Waals surface area contributed by atoms with Crippen LogP contribution in [0.3, 0.4) is 0 Å². The Bertz CT molecular complexity index is 1320. The highest BCUT2D eigenvalue weighted by atomic mass is 19.1. The summed E-state index contributed by atoms with van der Waals surface area (Å²) in [6, 6.07) is 20.5. The monoisotopic (exact) mass is 488 g/mol. The average Bonchev–Trinajstić information content (AvgIpc) is 3.28. The zero-order chi connectivity index (χ0) is 25.5. The highest BCUT2D eigenvalue weighted by Gasteiger charge is 2.30. The molecule has 9 nitrogen and oxygen atoms in total. The summed E-state index contributed by atoms with van der Waals surface area (Å²) < 4.78 is 18.3. The fourth-order valence-corrected chi connectivity index (χ4v) is 3.23. The Balaban J connectivity index is 1.65. The third kappa shape index (κ3) is 5.80. The van der Waals surface area contributed by atoms with Crippen LogP contribution in [0, 0.1) is 5.82 Å². The molecule has 2 amide bonds. The van der Waals surface area contributed by atoms with Crippen molar-refractivity contribution in [3.05, 3.63) is 108 Å². The molecule has 0 bridgehead atoms. The number of aliphatic imine (C=N–C) groups is 1. The number of nitrogens with one attached hydrogen (secondary N) is 2. The zero-order valence-electron chi connectivity index (χ0n) is 19.1. The van der Waals surface area contributed by atoms with Crippen LogP contribution in [0.2, 0.25) is 0 Å². The molecule has 0 aliphatic carbocycles. The second-order valence-corrected chi connectivity index (χ2v) is 7.52. The molecule has 3 aromatic carbocycles. The first-order valence-corrected chi connectivity index (χ1v) is 10.8. The van der Waals surface area contributed by atoms with Gasteiger partial charge in [0, 0.05) is 18.2 Å². The zero-order valence-corrected chi connectivity index (χ0v) is 19.1. The molecule has 1 fully saturated rings. The maximum atomic E-state index is 13.2. The summed E-state index contributed by atoms with van der Waals surface area (Å²) in [6.07, 6.45) is 1.16. The number of rotatable bonds is 7. The molecule has 4 rings (SSSR count). The van der Waals surface area contributed by atoms with E-state index in [0.717, 1.165) is 6.08 Å². The van der Waals surface area contributed by atoms with E-state index < -0.39 is 23.6 Å². The van der Waals surface area contributed by atoms with E-state index in [1.807, 2.05) is 0 Å². The summed E-state index contributed by atoms with van der Waals surface area (Å²) >= 11 is 0. The molecule has 2 N–H and O–H groups in total. The molecule has 36 heavy (non-hydrogen) atoms. The maximum absolute atomic E-state index is 13.2. The number of nitrogens with zero attached hydrogens (tertiary/aromatic N) is 2. The summed E-state index contributed by atoms with van der Waals surface area (Å²) in [5.74, 6) is -1.97. The van der Waals surface area contributed by atoms with Gasteiger partial charge in [-0.3, -0.25) is 9.59 Å². The van der Waals surface area contributed by atoms with Gasteiger partial charge in [0.2, 0.25) is 0 Å². The van der Waals surface area contributed by atoms with Crippen LogP contribution in [-0.4, -0.2) is 30.6 Å². The Kier molecular flexibility index (Phi) is 7.47. The van der Waals surface area contributed by atoms with Crippen LogP contribution < -0.4 is 20.7 Å². The Morgan fingerprint density at radius 2 is 1.75 bits per heavy atom. The average molecular weight is 488 g/mol. The molecule has 0 atom stereocenters. The normalized spacial score (nSPS) is 14.5. The van der Waals surface area contributed by atoms with Crippen molar-refractivity contribution in [3.8, 4) is 5.75 Å². The molecule has 1 aliphatic heterocycles. The van der Waals surface area contributed by atoms with Crippen LogP contribution in [0.4, 0.5) is 10.1 Å². The predicted molar refractivity (Wildman–Crippen MR) is 129 cm³/mol. The quantitative estimate of drug-likeness (QED) is 0.389. The molecular formula is C26H21FN4O5. The highest BCUT2D eigenvalue weighted by molar-refractivity contribution is 6.45. The van der Waals surface area contributed by atoms with E-state index >= 15 is 0 Å². The van der Waals surface area contributed by atoms with Crippen LogP contribution in [0.25, 0.3) is 0 Å². The number of hydrazine groups is 1. The Hall–Kier alpha value is -4.83. The van der Waals surface area contributed by atoms with Crippen LogP contribution in [-0.2, 0) is 21.0 Å². The molecule has 0 saturated carbocycles. The van der Waals surface area contributed by atoms with Gasteiger partial charge >= 0.3 is 5.97 Å². The summed E-state index contributed by atoms with van der Waals surface area (Å²) in [4.78, 5) is 47.2. The molecular weight excluding hydrogens is 467 g/mol. The van der Waals surface area contributed by atoms with E-state index in [1.165, 1.54) is 36.4 Å². The second kappa shape index (κ2) is 11.1. The lowest BCUT2D eigenvalue weighted by molar-refractivity contribution is -0.140. The number of hydrogen-bond acceptors (Lipinski definition) is 7. The molecule has 1 aliphatic rings. The third-order valence-electron chi connectivity index (χ3n) is 5.13. The number of carbonyl (C=O) groups is 3. The largest absolute Gasteiger partial charge is 0.497 e. The number of methoxy groups -OCH3 is 1. The standard InChI is InChI=1S/C26H21FN4O5/c1-35-21-13-11-20(12-14-21)31-23(26(34)36-30-31)15-22(29-24(32)18-5-3-2-4-6-18)25(33)28-16-17-7-9-19(27)10-8-17/h2-15,30H,16H2,1H3,(H,28,33)/b23-15+,29-22?. The fourth-order valence-electron chi connectivity index (χ4n) is 3.23. The smallest absolute Gasteiger partial charge is 0.376 e. The Labute approximate surface area is 205 Å². The van der Waals surface area contributed by atoms with E-state index in [4.69, 9.17) is 9.57 Å². The molecule has 182 valence electrons. The molecule has 1 heterocycles. The van der Waals surface area contributed by atoms with Crippen molar-refractivity contribution in [1.29, 1.82) is 0 Å². The summed E-state index contributed by atoms with van der Waals surface area (Å²) in [7, 11) is 1.53. The first kappa shape index (κ1) is 24.3. The van der Waals surface area contributed by atoms with E-state index in [-0.39, 0.29) is 23.5 Å². The number of benzene rings is 3. The fraction of sp³-hybridized carbons (Fsp3) is 0.0769. The van der Waals surface area contributed by atoms with Gasteiger partial charge in [-0.1, -0.05) is 35.9 Å². The minimum absolute atomic E-state index is 0.0473. The highest BCUT2D eigenvalue weighted by Crippen LogP contribution is 2.24. The minimum atomic E-state index is -0.781. The number of halogens is 1. The molecule has 10 heteroatoms. The van der Waals surface area contributed by atoms with Gasteiger partial charge in [0.1, 0.15) is 17.3 Å². The second-order valence-electron chi connectivity index (χ2n) is 7.52. The van der Waals surface area contributed by atoms with Crippen LogP contribution in [0.1, 0.15) is 15.9 Å². The van der Waals surface area contributed by atoms with E-state index in [1.54, 1.807) is 54.6 Å². The van der Waals surface area contributed by atoms with Crippen molar-refractivity contribution in [2.24, 2.45) is 4.99 Å². The van der Waals surface area contributed by atoms with Crippen molar-refractivity contribution < 1.29 is 28.3 Å². The number of hydrogen-bond donors (Lipinski definition) is 2. The van der Waals surface area contributed by atoms with Gasteiger partial charge in [0.15, 0.2) is 5.70 Å². The number of ether oxygens (including phenoxy) is 1. The Morgan fingerprint density at radius 1 is 1.06 bits per heavy atom. The van der Waals surface area contributed by atoms with Crippen molar-refractivity contribution in [2.45, 2.75) is 6.54 Å². The van der Waals surface area contributed by atoms with Crippen molar-refractivity contribution in [3.63, 3.8) is 0 Å². The maximum Gasteiger partial charge on any atom is 0.376 e. The van der Waals surface area contributed by atoms with Gasteiger partial charge in [-0.05, 0) is 54.1 Å². The summed E-state index contributed by atoms with van der Waals surface area (Å²) in [6.45, 7) is 0.0473. The topological polar surface area (TPSA) is 109 Å². The van der Waals surface area contributed by atoms with E-state index in [9.17, 15) is 18.8 Å². The lowest BCUT2D eigenvalue weighted by Crippen LogP contribution is -2.33.